The number of anilines is 1. The lowest BCUT2D eigenvalue weighted by Gasteiger charge is -2.38. The first-order valence-electron chi connectivity index (χ1n) is 8.31. The maximum absolute atomic E-state index is 12.6. The van der Waals surface area contributed by atoms with Crippen LogP contribution in [0.4, 0.5) is 5.69 Å². The highest BCUT2D eigenvalue weighted by Gasteiger charge is 2.41. The number of hydrogen-bond donors (Lipinski definition) is 0. The van der Waals surface area contributed by atoms with E-state index < -0.39 is 11.6 Å². The Hall–Kier alpha value is -1.75. The minimum Gasteiger partial charge on any atom is -0.476 e. The fourth-order valence-corrected chi connectivity index (χ4v) is 2.75. The highest BCUT2D eigenvalue weighted by atomic mass is 35.5. The van der Waals surface area contributed by atoms with Gasteiger partial charge in [0, 0.05) is 5.02 Å². The summed E-state index contributed by atoms with van der Waals surface area (Å²) < 4.78 is 11.0. The molecule has 2 rings (SSSR count). The predicted molar refractivity (Wildman–Crippen MR) is 93.6 cm³/mol. The van der Waals surface area contributed by atoms with Gasteiger partial charge in [-0.25, -0.2) is 0 Å². The lowest BCUT2D eigenvalue weighted by molar-refractivity contribution is -0.144. The molecule has 1 aliphatic heterocycles. The molecule has 0 bridgehead atoms. The fourth-order valence-electron chi connectivity index (χ4n) is 2.59. The van der Waals surface area contributed by atoms with Crippen LogP contribution in [-0.2, 0) is 14.3 Å². The van der Waals surface area contributed by atoms with Gasteiger partial charge in [0.1, 0.15) is 12.3 Å². The zero-order valence-corrected chi connectivity index (χ0v) is 15.2. The van der Waals surface area contributed by atoms with Crippen molar-refractivity contribution in [1.29, 1.82) is 0 Å². The molecule has 0 aromatic heterocycles. The zero-order valence-electron chi connectivity index (χ0n) is 14.4. The van der Waals surface area contributed by atoms with Gasteiger partial charge in [-0.2, -0.15) is 0 Å². The summed E-state index contributed by atoms with van der Waals surface area (Å²) >= 11 is 6.02. The number of carbonyl (C=O) groups excluding carboxylic acids is 2. The summed E-state index contributed by atoms with van der Waals surface area (Å²) in [6.07, 6.45) is 4.12. The number of hydrogen-bond acceptors (Lipinski definition) is 4. The highest BCUT2D eigenvalue weighted by molar-refractivity contribution is 6.31. The summed E-state index contributed by atoms with van der Waals surface area (Å²) in [5.74, 6) is -0.191. The van der Waals surface area contributed by atoms with Gasteiger partial charge in [0.2, 0.25) is 0 Å². The molecule has 0 radical (unpaired) electrons. The van der Waals surface area contributed by atoms with Crippen LogP contribution in [0.2, 0.25) is 5.02 Å². The third-order valence-electron chi connectivity index (χ3n) is 3.89. The summed E-state index contributed by atoms with van der Waals surface area (Å²) in [4.78, 5) is 26.1. The molecule has 24 heavy (non-hydrogen) atoms. The summed E-state index contributed by atoms with van der Waals surface area (Å²) in [7, 11) is 0. The van der Waals surface area contributed by atoms with Crippen molar-refractivity contribution >= 4 is 29.2 Å². The Labute approximate surface area is 147 Å². The van der Waals surface area contributed by atoms with E-state index in [4.69, 9.17) is 21.1 Å². The second-order valence-electron chi connectivity index (χ2n) is 6.40. The van der Waals surface area contributed by atoms with E-state index in [0.29, 0.717) is 23.1 Å². The topological polar surface area (TPSA) is 55.8 Å². The second-order valence-corrected chi connectivity index (χ2v) is 6.83. The lowest BCUT2D eigenvalue weighted by atomic mass is 10.0. The quantitative estimate of drug-likeness (QED) is 0.549. The molecule has 0 unspecified atom stereocenters. The van der Waals surface area contributed by atoms with Crippen molar-refractivity contribution in [1.82, 2.24) is 0 Å². The van der Waals surface area contributed by atoms with Crippen molar-refractivity contribution in [2.45, 2.75) is 52.1 Å². The number of unbranched alkanes of at least 4 members (excludes halogenated alkanes) is 3. The van der Waals surface area contributed by atoms with E-state index in [1.165, 1.54) is 4.90 Å². The van der Waals surface area contributed by atoms with Crippen LogP contribution in [0.1, 0.15) is 46.5 Å². The number of halogens is 1. The van der Waals surface area contributed by atoms with E-state index in [9.17, 15) is 9.59 Å². The number of amides is 1. The van der Waals surface area contributed by atoms with Crippen molar-refractivity contribution in [3.8, 4) is 5.75 Å². The first-order valence-corrected chi connectivity index (χ1v) is 8.69. The molecule has 0 saturated carbocycles. The van der Waals surface area contributed by atoms with E-state index in [2.05, 4.69) is 6.92 Å². The maximum Gasteiger partial charge on any atom is 0.326 e. The molecule has 1 amide bonds. The smallest absolute Gasteiger partial charge is 0.326 e. The van der Waals surface area contributed by atoms with Gasteiger partial charge >= 0.3 is 5.97 Å². The van der Waals surface area contributed by atoms with Crippen molar-refractivity contribution in [2.75, 3.05) is 18.1 Å². The van der Waals surface area contributed by atoms with E-state index >= 15 is 0 Å². The van der Waals surface area contributed by atoms with Gasteiger partial charge in [-0.05, 0) is 38.5 Å². The van der Waals surface area contributed by atoms with Gasteiger partial charge in [-0.1, -0.05) is 37.8 Å². The molecule has 1 aromatic rings. The Balaban J connectivity index is 2.06. The number of nitrogens with zero attached hydrogens (tertiary/aromatic N) is 1. The van der Waals surface area contributed by atoms with Crippen LogP contribution < -0.4 is 9.64 Å². The Morgan fingerprint density at radius 1 is 1.29 bits per heavy atom. The van der Waals surface area contributed by atoms with Gasteiger partial charge in [0.25, 0.3) is 5.91 Å². The van der Waals surface area contributed by atoms with Crippen LogP contribution >= 0.6 is 11.6 Å². The van der Waals surface area contributed by atoms with Crippen molar-refractivity contribution < 1.29 is 19.1 Å². The first kappa shape index (κ1) is 18.6. The van der Waals surface area contributed by atoms with E-state index in [1.54, 1.807) is 32.0 Å². The third-order valence-corrected chi connectivity index (χ3v) is 4.12. The maximum atomic E-state index is 12.6. The molecule has 0 spiro atoms. The van der Waals surface area contributed by atoms with Gasteiger partial charge < -0.3 is 9.47 Å². The molecule has 5 nitrogen and oxygen atoms in total. The molecule has 1 heterocycles. The van der Waals surface area contributed by atoms with Crippen LogP contribution in [0.5, 0.6) is 5.75 Å². The van der Waals surface area contributed by atoms with Gasteiger partial charge in [0.15, 0.2) is 5.60 Å². The molecule has 0 fully saturated rings. The predicted octanol–water partition coefficient (Wildman–Crippen LogP) is 3.97. The number of ether oxygens (including phenoxy) is 2. The molecule has 0 atom stereocenters. The Morgan fingerprint density at radius 2 is 2.04 bits per heavy atom. The standard InChI is InChI=1S/C18H24ClNO4/c1-4-5-6-7-10-23-16(21)12-20-14-11-13(19)8-9-15(14)24-18(2,3)17(20)22/h8-9,11H,4-7,10,12H2,1-3H3. The van der Waals surface area contributed by atoms with Gasteiger partial charge in [0.05, 0.1) is 12.3 Å². The van der Waals surface area contributed by atoms with Crippen LogP contribution in [0.3, 0.4) is 0 Å². The zero-order chi connectivity index (χ0) is 17.7. The Bertz CT molecular complexity index is 615. The van der Waals surface area contributed by atoms with E-state index in [0.717, 1.165) is 25.7 Å². The van der Waals surface area contributed by atoms with Crippen molar-refractivity contribution in [3.63, 3.8) is 0 Å². The molecule has 0 aliphatic carbocycles. The third kappa shape index (κ3) is 4.41. The van der Waals surface area contributed by atoms with Crippen LogP contribution in [0.15, 0.2) is 18.2 Å². The molecule has 132 valence electrons. The monoisotopic (exact) mass is 353 g/mol. The van der Waals surface area contributed by atoms with E-state index in [-0.39, 0.29) is 12.5 Å². The molecule has 1 aromatic carbocycles. The van der Waals surface area contributed by atoms with Crippen molar-refractivity contribution in [2.24, 2.45) is 0 Å². The Morgan fingerprint density at radius 3 is 2.75 bits per heavy atom. The average molecular weight is 354 g/mol. The van der Waals surface area contributed by atoms with Gasteiger partial charge in [-0.15, -0.1) is 0 Å². The average Bonchev–Trinajstić information content (AvgIpc) is 2.52. The SMILES string of the molecule is CCCCCCOC(=O)CN1C(=O)C(C)(C)Oc2ccc(Cl)cc21. The van der Waals surface area contributed by atoms with Crippen LogP contribution in [-0.4, -0.2) is 30.6 Å². The highest BCUT2D eigenvalue weighted by Crippen LogP contribution is 2.39. The molecular formula is C18H24ClNO4. The molecule has 1 aliphatic rings. The number of carbonyl (C=O) groups is 2. The fraction of sp³-hybridized carbons (Fsp3) is 0.556. The van der Waals surface area contributed by atoms with E-state index in [1.807, 2.05) is 0 Å². The first-order chi connectivity index (χ1) is 11.3. The summed E-state index contributed by atoms with van der Waals surface area (Å²) in [6.45, 7) is 5.71. The van der Waals surface area contributed by atoms with Crippen molar-refractivity contribution in [3.05, 3.63) is 23.2 Å². The normalized spacial score (nSPS) is 15.7. The number of rotatable bonds is 7. The molecular weight excluding hydrogens is 330 g/mol. The second kappa shape index (κ2) is 7.88. The number of fused-ring (bicyclic) bond motifs is 1. The summed E-state index contributed by atoms with van der Waals surface area (Å²) in [6, 6.07) is 5.02. The number of benzene rings is 1. The molecule has 0 saturated heterocycles. The minimum absolute atomic E-state index is 0.146. The lowest BCUT2D eigenvalue weighted by Crippen LogP contribution is -2.54. The minimum atomic E-state index is -1.04. The number of esters is 1. The Kier molecular flexibility index (Phi) is 6.10. The van der Waals surface area contributed by atoms with Crippen LogP contribution in [0.25, 0.3) is 0 Å². The van der Waals surface area contributed by atoms with Crippen LogP contribution in [0, 0.1) is 0 Å². The summed E-state index contributed by atoms with van der Waals surface area (Å²) in [5, 5.41) is 0.475. The van der Waals surface area contributed by atoms with Gasteiger partial charge in [-0.3, -0.25) is 14.5 Å². The largest absolute Gasteiger partial charge is 0.476 e. The molecule has 0 N–H and O–H groups in total. The summed E-state index contributed by atoms with van der Waals surface area (Å²) in [5.41, 5.74) is -0.544. The molecule has 6 heteroatoms.